The number of nitrogens with zero attached hydrogens (tertiary/aromatic N) is 1. The first-order valence-electron chi connectivity index (χ1n) is 8.97. The van der Waals surface area contributed by atoms with Crippen molar-refractivity contribution in [3.05, 3.63) is 78.1 Å². The molecule has 2 aromatic carbocycles. The summed E-state index contributed by atoms with van der Waals surface area (Å²) in [4.78, 5) is 16.7. The first-order chi connectivity index (χ1) is 13.9. The molecule has 0 saturated carbocycles. The molecule has 0 saturated heterocycles. The van der Waals surface area contributed by atoms with E-state index in [9.17, 15) is 13.2 Å². The number of pyridine rings is 1. The van der Waals surface area contributed by atoms with Gasteiger partial charge in [0.15, 0.2) is 0 Å². The zero-order valence-electron chi connectivity index (χ0n) is 16.0. The number of carbonyl (C=O) groups excluding carboxylic acids is 1. The van der Waals surface area contributed by atoms with Gasteiger partial charge in [-0.15, -0.1) is 0 Å². The summed E-state index contributed by atoms with van der Waals surface area (Å²) in [6.07, 6.45) is 2.71. The second-order valence-electron chi connectivity index (χ2n) is 6.26. The lowest BCUT2D eigenvalue weighted by Crippen LogP contribution is -2.16. The number of aromatic nitrogens is 1. The van der Waals surface area contributed by atoms with Crippen LogP contribution in [0.3, 0.4) is 0 Å². The van der Waals surface area contributed by atoms with Crippen LogP contribution < -0.4 is 14.8 Å². The van der Waals surface area contributed by atoms with Crippen molar-refractivity contribution in [1.82, 2.24) is 4.98 Å². The molecule has 0 atom stereocenters. The Kier molecular flexibility index (Phi) is 6.13. The van der Waals surface area contributed by atoms with Gasteiger partial charge in [0, 0.05) is 6.20 Å². The van der Waals surface area contributed by atoms with Crippen LogP contribution in [-0.4, -0.2) is 25.9 Å². The van der Waals surface area contributed by atoms with Gasteiger partial charge in [-0.25, -0.2) is 8.42 Å². The standard InChI is InChI=1S/C21H21N3O4S/c1-3-28-20-7-5-4-6-19(20)23-21(25)16-12-17(14-22-13-16)24-29(26,27)18-10-8-15(2)9-11-18/h4-14,24H,3H2,1-2H3,(H,23,25). The van der Waals surface area contributed by atoms with Gasteiger partial charge in [0.1, 0.15) is 5.75 Å². The number of hydrogen-bond acceptors (Lipinski definition) is 5. The molecule has 0 aliphatic rings. The number of amides is 1. The lowest BCUT2D eigenvalue weighted by Gasteiger charge is -2.12. The zero-order chi connectivity index (χ0) is 20.9. The minimum atomic E-state index is -3.79. The Morgan fingerprint density at radius 3 is 2.52 bits per heavy atom. The average Bonchev–Trinajstić information content (AvgIpc) is 2.70. The molecule has 7 nitrogen and oxygen atoms in total. The highest BCUT2D eigenvalue weighted by Gasteiger charge is 2.16. The van der Waals surface area contributed by atoms with Crippen molar-refractivity contribution < 1.29 is 17.9 Å². The highest BCUT2D eigenvalue weighted by Crippen LogP contribution is 2.24. The molecule has 29 heavy (non-hydrogen) atoms. The van der Waals surface area contributed by atoms with E-state index in [1.165, 1.54) is 30.6 Å². The third kappa shape index (κ3) is 5.11. The quantitative estimate of drug-likeness (QED) is 0.616. The number of para-hydroxylation sites is 2. The fraction of sp³-hybridized carbons (Fsp3) is 0.143. The van der Waals surface area contributed by atoms with Crippen molar-refractivity contribution in [1.29, 1.82) is 0 Å². The SMILES string of the molecule is CCOc1ccccc1NC(=O)c1cncc(NS(=O)(=O)c2ccc(C)cc2)c1. The summed E-state index contributed by atoms with van der Waals surface area (Å²) in [7, 11) is -3.79. The van der Waals surface area contributed by atoms with Gasteiger partial charge in [-0.3, -0.25) is 14.5 Å². The Labute approximate surface area is 169 Å². The van der Waals surface area contributed by atoms with Crippen molar-refractivity contribution in [3.63, 3.8) is 0 Å². The van der Waals surface area contributed by atoms with E-state index in [0.717, 1.165) is 5.56 Å². The van der Waals surface area contributed by atoms with Gasteiger partial charge < -0.3 is 10.1 Å². The molecular weight excluding hydrogens is 390 g/mol. The minimum absolute atomic E-state index is 0.128. The third-order valence-electron chi connectivity index (χ3n) is 4.02. The number of carbonyl (C=O) groups is 1. The van der Waals surface area contributed by atoms with Crippen LogP contribution in [-0.2, 0) is 10.0 Å². The number of sulfonamides is 1. The number of nitrogens with one attached hydrogen (secondary N) is 2. The van der Waals surface area contributed by atoms with Gasteiger partial charge in [-0.2, -0.15) is 0 Å². The summed E-state index contributed by atoms with van der Waals surface area (Å²) in [6.45, 7) is 4.19. The van der Waals surface area contributed by atoms with Gasteiger partial charge in [0.25, 0.3) is 15.9 Å². The topological polar surface area (TPSA) is 97.4 Å². The van der Waals surface area contributed by atoms with Crippen molar-refractivity contribution >= 4 is 27.3 Å². The van der Waals surface area contributed by atoms with Crippen LogP contribution in [0.5, 0.6) is 5.75 Å². The molecule has 8 heteroatoms. The fourth-order valence-electron chi connectivity index (χ4n) is 2.60. The Hall–Kier alpha value is -3.39. The van der Waals surface area contributed by atoms with Crippen LogP contribution in [0.2, 0.25) is 0 Å². The average molecular weight is 411 g/mol. The molecule has 0 unspecified atom stereocenters. The van der Waals surface area contributed by atoms with Crippen LogP contribution in [0.4, 0.5) is 11.4 Å². The number of ether oxygens (including phenoxy) is 1. The van der Waals surface area contributed by atoms with E-state index in [2.05, 4.69) is 15.0 Å². The van der Waals surface area contributed by atoms with Gasteiger partial charge in [-0.05, 0) is 44.2 Å². The summed E-state index contributed by atoms with van der Waals surface area (Å²) in [5.74, 6) is 0.119. The molecule has 1 aromatic heterocycles. The molecule has 0 aliphatic carbocycles. The Morgan fingerprint density at radius 1 is 1.07 bits per heavy atom. The summed E-state index contributed by atoms with van der Waals surface area (Å²) in [6, 6.07) is 15.0. The third-order valence-corrected chi connectivity index (χ3v) is 5.42. The maximum Gasteiger partial charge on any atom is 0.261 e. The molecule has 3 aromatic rings. The summed E-state index contributed by atoms with van der Waals surface area (Å²) < 4.78 is 33.0. The highest BCUT2D eigenvalue weighted by atomic mass is 32.2. The second-order valence-corrected chi connectivity index (χ2v) is 7.95. The highest BCUT2D eigenvalue weighted by molar-refractivity contribution is 7.92. The molecule has 0 fully saturated rings. The van der Waals surface area contributed by atoms with Crippen LogP contribution in [0, 0.1) is 6.92 Å². The molecule has 1 heterocycles. The number of hydrogen-bond donors (Lipinski definition) is 2. The second kappa shape index (κ2) is 8.74. The molecule has 3 rings (SSSR count). The van der Waals surface area contributed by atoms with Crippen molar-refractivity contribution in [2.45, 2.75) is 18.7 Å². The van der Waals surface area contributed by atoms with Gasteiger partial charge in [-0.1, -0.05) is 29.8 Å². The van der Waals surface area contributed by atoms with Crippen LogP contribution in [0.25, 0.3) is 0 Å². The van der Waals surface area contributed by atoms with Crippen molar-refractivity contribution in [3.8, 4) is 5.75 Å². The molecule has 0 spiro atoms. The van der Waals surface area contributed by atoms with Crippen LogP contribution in [0.1, 0.15) is 22.8 Å². The fourth-order valence-corrected chi connectivity index (χ4v) is 3.63. The maximum absolute atomic E-state index is 12.6. The number of anilines is 2. The van der Waals surface area contributed by atoms with Crippen LogP contribution >= 0.6 is 0 Å². The van der Waals surface area contributed by atoms with Gasteiger partial charge in [0.05, 0.1) is 34.6 Å². The lowest BCUT2D eigenvalue weighted by atomic mass is 10.2. The van der Waals surface area contributed by atoms with E-state index in [1.54, 1.807) is 30.3 Å². The van der Waals surface area contributed by atoms with E-state index < -0.39 is 15.9 Å². The predicted octanol–water partition coefficient (Wildman–Crippen LogP) is 3.84. The van der Waals surface area contributed by atoms with E-state index in [4.69, 9.17) is 4.74 Å². The zero-order valence-corrected chi connectivity index (χ0v) is 16.9. The number of benzene rings is 2. The van der Waals surface area contributed by atoms with Crippen LogP contribution in [0.15, 0.2) is 71.9 Å². The van der Waals surface area contributed by atoms with E-state index in [1.807, 2.05) is 19.9 Å². The smallest absolute Gasteiger partial charge is 0.261 e. The van der Waals surface area contributed by atoms with Crippen molar-refractivity contribution in [2.75, 3.05) is 16.6 Å². The van der Waals surface area contributed by atoms with Crippen molar-refractivity contribution in [2.24, 2.45) is 0 Å². The Bertz CT molecular complexity index is 1110. The molecule has 1 amide bonds. The Morgan fingerprint density at radius 2 is 1.79 bits per heavy atom. The molecule has 150 valence electrons. The maximum atomic E-state index is 12.6. The number of aryl methyl sites for hydroxylation is 1. The normalized spacial score (nSPS) is 11.0. The minimum Gasteiger partial charge on any atom is -0.492 e. The molecule has 0 bridgehead atoms. The predicted molar refractivity (Wildman–Crippen MR) is 112 cm³/mol. The van der Waals surface area contributed by atoms with E-state index >= 15 is 0 Å². The number of rotatable bonds is 7. The summed E-state index contributed by atoms with van der Waals surface area (Å²) >= 11 is 0. The Balaban J connectivity index is 1.79. The largest absolute Gasteiger partial charge is 0.492 e. The van der Waals surface area contributed by atoms with E-state index in [0.29, 0.717) is 18.0 Å². The molecule has 0 aliphatic heterocycles. The molecule has 2 N–H and O–H groups in total. The molecule has 0 radical (unpaired) electrons. The first kappa shape index (κ1) is 20.3. The lowest BCUT2D eigenvalue weighted by molar-refractivity contribution is 0.102. The summed E-state index contributed by atoms with van der Waals surface area (Å²) in [5, 5.41) is 2.76. The summed E-state index contributed by atoms with van der Waals surface area (Å²) in [5.41, 5.74) is 1.87. The monoisotopic (exact) mass is 411 g/mol. The van der Waals surface area contributed by atoms with E-state index in [-0.39, 0.29) is 16.1 Å². The van der Waals surface area contributed by atoms with Gasteiger partial charge >= 0.3 is 0 Å². The first-order valence-corrected chi connectivity index (χ1v) is 10.4. The van der Waals surface area contributed by atoms with Gasteiger partial charge in [0.2, 0.25) is 0 Å². The molecular formula is C21H21N3O4S.